The van der Waals surface area contributed by atoms with Crippen LogP contribution in [0.15, 0.2) is 41.9 Å². The second kappa shape index (κ2) is 14.8. The van der Waals surface area contributed by atoms with Crippen molar-refractivity contribution in [2.24, 2.45) is 4.99 Å². The zero-order chi connectivity index (χ0) is 19.3. The van der Waals surface area contributed by atoms with Gasteiger partial charge in [0.15, 0.2) is 5.96 Å². The van der Waals surface area contributed by atoms with E-state index in [1.165, 1.54) is 30.4 Å². The third-order valence-electron chi connectivity index (χ3n) is 5.03. The van der Waals surface area contributed by atoms with Crippen molar-refractivity contribution >= 4 is 29.9 Å². The standard InChI is InChI=1S/C22H36N4O.HI/c1-4-5-6-7-10-13-25(3)22(23-2)24-18-20-11-8-9-12-21(20)19-26-14-16-27-17-15-26;/h4,8-9,11-12H,1,5-7,10,13-19H2,2-3H3,(H,23,24);1H. The number of ether oxygens (including phenoxy) is 1. The van der Waals surface area contributed by atoms with Crippen molar-refractivity contribution in [2.75, 3.05) is 46.9 Å². The average Bonchev–Trinajstić information content (AvgIpc) is 2.70. The molecule has 1 heterocycles. The van der Waals surface area contributed by atoms with Crippen LogP contribution in [0.2, 0.25) is 0 Å². The third kappa shape index (κ3) is 8.92. The number of allylic oxidation sites excluding steroid dienone is 1. The number of hydrogen-bond donors (Lipinski definition) is 1. The molecule has 1 aromatic rings. The normalized spacial score (nSPS) is 15.0. The SMILES string of the molecule is C=CCCCCCN(C)C(=NC)NCc1ccccc1CN1CCOCC1.I. The zero-order valence-corrected chi connectivity index (χ0v) is 19.9. The summed E-state index contributed by atoms with van der Waals surface area (Å²) in [6.45, 7) is 10.3. The van der Waals surface area contributed by atoms with Gasteiger partial charge < -0.3 is 15.0 Å². The number of benzene rings is 1. The Morgan fingerprint density at radius 2 is 1.93 bits per heavy atom. The van der Waals surface area contributed by atoms with Gasteiger partial charge in [-0.1, -0.05) is 36.8 Å². The summed E-state index contributed by atoms with van der Waals surface area (Å²) >= 11 is 0. The molecule has 5 nitrogen and oxygen atoms in total. The summed E-state index contributed by atoms with van der Waals surface area (Å²) in [6, 6.07) is 8.69. The molecule has 0 amide bonds. The molecule has 0 unspecified atom stereocenters. The maximum Gasteiger partial charge on any atom is 0.193 e. The molecule has 0 bridgehead atoms. The Bertz CT molecular complexity index is 588. The summed E-state index contributed by atoms with van der Waals surface area (Å²) in [6.07, 6.45) is 6.74. The molecule has 1 N–H and O–H groups in total. The van der Waals surface area contributed by atoms with Gasteiger partial charge in [0.05, 0.1) is 13.2 Å². The molecule has 0 radical (unpaired) electrons. The van der Waals surface area contributed by atoms with Crippen LogP contribution in [-0.4, -0.2) is 62.7 Å². The van der Waals surface area contributed by atoms with Gasteiger partial charge in [-0.05, 0) is 30.4 Å². The Balaban J connectivity index is 0.00000392. The highest BCUT2D eigenvalue weighted by atomic mass is 127. The largest absolute Gasteiger partial charge is 0.379 e. The number of nitrogens with one attached hydrogen (secondary N) is 1. The number of rotatable bonds is 10. The molecular weight excluding hydrogens is 463 g/mol. The molecular formula is C22H37IN4O. The van der Waals surface area contributed by atoms with Crippen molar-refractivity contribution in [3.05, 3.63) is 48.0 Å². The fourth-order valence-electron chi connectivity index (χ4n) is 3.36. The van der Waals surface area contributed by atoms with E-state index in [4.69, 9.17) is 4.74 Å². The molecule has 2 rings (SSSR count). The maximum atomic E-state index is 5.46. The molecule has 1 saturated heterocycles. The van der Waals surface area contributed by atoms with Crippen molar-refractivity contribution in [2.45, 2.75) is 38.8 Å². The summed E-state index contributed by atoms with van der Waals surface area (Å²) in [7, 11) is 3.97. The van der Waals surface area contributed by atoms with Crippen LogP contribution < -0.4 is 5.32 Å². The molecule has 158 valence electrons. The van der Waals surface area contributed by atoms with Crippen molar-refractivity contribution in [1.29, 1.82) is 0 Å². The first-order chi connectivity index (χ1) is 13.2. The summed E-state index contributed by atoms with van der Waals surface area (Å²) < 4.78 is 5.46. The lowest BCUT2D eigenvalue weighted by Gasteiger charge is -2.28. The molecule has 0 aliphatic carbocycles. The van der Waals surface area contributed by atoms with Crippen molar-refractivity contribution in [1.82, 2.24) is 15.1 Å². The highest BCUT2D eigenvalue weighted by Crippen LogP contribution is 2.13. The molecule has 0 spiro atoms. The maximum absolute atomic E-state index is 5.46. The van der Waals surface area contributed by atoms with Crippen LogP contribution in [0.4, 0.5) is 0 Å². The van der Waals surface area contributed by atoms with E-state index < -0.39 is 0 Å². The summed E-state index contributed by atoms with van der Waals surface area (Å²) in [5.74, 6) is 0.958. The highest BCUT2D eigenvalue weighted by molar-refractivity contribution is 14.0. The van der Waals surface area contributed by atoms with Gasteiger partial charge in [0, 0.05) is 46.8 Å². The van der Waals surface area contributed by atoms with Crippen molar-refractivity contribution < 1.29 is 4.74 Å². The van der Waals surface area contributed by atoms with Crippen LogP contribution in [0.3, 0.4) is 0 Å². The second-order valence-corrected chi connectivity index (χ2v) is 7.12. The first kappa shape index (κ1) is 24.9. The minimum Gasteiger partial charge on any atom is -0.379 e. The van der Waals surface area contributed by atoms with Gasteiger partial charge in [-0.25, -0.2) is 0 Å². The average molecular weight is 500 g/mol. The van der Waals surface area contributed by atoms with Gasteiger partial charge in [0.2, 0.25) is 0 Å². The van der Waals surface area contributed by atoms with Crippen molar-refractivity contribution in [3.63, 3.8) is 0 Å². The van der Waals surface area contributed by atoms with Crippen LogP contribution in [0.1, 0.15) is 36.8 Å². The number of halogens is 1. The van der Waals surface area contributed by atoms with Gasteiger partial charge in [0.1, 0.15) is 0 Å². The number of hydrogen-bond acceptors (Lipinski definition) is 3. The third-order valence-corrected chi connectivity index (χ3v) is 5.03. The Morgan fingerprint density at radius 1 is 1.21 bits per heavy atom. The number of unbranched alkanes of at least 4 members (excludes halogenated alkanes) is 3. The van der Waals surface area contributed by atoms with Gasteiger partial charge in [-0.15, -0.1) is 30.6 Å². The summed E-state index contributed by atoms with van der Waals surface area (Å²) in [5.41, 5.74) is 2.72. The van der Waals surface area contributed by atoms with Gasteiger partial charge in [0.25, 0.3) is 0 Å². The minimum absolute atomic E-state index is 0. The lowest BCUT2D eigenvalue weighted by Crippen LogP contribution is -2.39. The fraction of sp³-hybridized carbons (Fsp3) is 0.591. The topological polar surface area (TPSA) is 40.1 Å². The van der Waals surface area contributed by atoms with Gasteiger partial charge >= 0.3 is 0 Å². The second-order valence-electron chi connectivity index (χ2n) is 7.12. The molecule has 0 saturated carbocycles. The Hall–Kier alpha value is -1.12. The quantitative estimate of drug-likeness (QED) is 0.174. The molecule has 1 aliphatic rings. The van der Waals surface area contributed by atoms with E-state index in [2.05, 4.69) is 58.0 Å². The number of aliphatic imine (C=N–C) groups is 1. The molecule has 0 atom stereocenters. The van der Waals surface area contributed by atoms with Crippen LogP contribution in [0, 0.1) is 0 Å². The van der Waals surface area contributed by atoms with Crippen LogP contribution in [0.5, 0.6) is 0 Å². The Kier molecular flexibility index (Phi) is 13.2. The summed E-state index contributed by atoms with van der Waals surface area (Å²) in [5, 5.41) is 3.53. The van der Waals surface area contributed by atoms with E-state index in [0.29, 0.717) is 0 Å². The van der Waals surface area contributed by atoms with Crippen molar-refractivity contribution in [3.8, 4) is 0 Å². The minimum atomic E-state index is 0. The summed E-state index contributed by atoms with van der Waals surface area (Å²) in [4.78, 5) is 9.14. The smallest absolute Gasteiger partial charge is 0.193 e. The van der Waals surface area contributed by atoms with E-state index in [-0.39, 0.29) is 24.0 Å². The zero-order valence-electron chi connectivity index (χ0n) is 17.5. The van der Waals surface area contributed by atoms with E-state index in [1.54, 1.807) is 0 Å². The predicted octanol–water partition coefficient (Wildman–Crippen LogP) is 3.89. The molecule has 28 heavy (non-hydrogen) atoms. The molecule has 6 heteroatoms. The van der Waals surface area contributed by atoms with E-state index in [0.717, 1.165) is 58.3 Å². The van der Waals surface area contributed by atoms with E-state index in [9.17, 15) is 0 Å². The first-order valence-electron chi connectivity index (χ1n) is 10.1. The molecule has 1 fully saturated rings. The van der Waals surface area contributed by atoms with E-state index >= 15 is 0 Å². The monoisotopic (exact) mass is 500 g/mol. The highest BCUT2D eigenvalue weighted by Gasteiger charge is 2.13. The predicted molar refractivity (Wildman–Crippen MR) is 129 cm³/mol. The van der Waals surface area contributed by atoms with Crippen LogP contribution in [-0.2, 0) is 17.8 Å². The van der Waals surface area contributed by atoms with Gasteiger partial charge in [-0.3, -0.25) is 9.89 Å². The molecule has 0 aromatic heterocycles. The number of nitrogens with zero attached hydrogens (tertiary/aromatic N) is 3. The van der Waals surface area contributed by atoms with E-state index in [1.807, 2.05) is 13.1 Å². The van der Waals surface area contributed by atoms with Crippen LogP contribution >= 0.6 is 24.0 Å². The first-order valence-corrected chi connectivity index (χ1v) is 10.1. The Morgan fingerprint density at radius 3 is 2.61 bits per heavy atom. The molecule has 1 aromatic carbocycles. The Labute approximate surface area is 188 Å². The van der Waals surface area contributed by atoms with Crippen LogP contribution in [0.25, 0.3) is 0 Å². The lowest BCUT2D eigenvalue weighted by molar-refractivity contribution is 0.0341. The number of guanidine groups is 1. The lowest BCUT2D eigenvalue weighted by atomic mass is 10.1. The molecule has 1 aliphatic heterocycles. The van der Waals surface area contributed by atoms with Gasteiger partial charge in [-0.2, -0.15) is 0 Å². The fourth-order valence-corrected chi connectivity index (χ4v) is 3.36. The number of morpholine rings is 1.